The first kappa shape index (κ1) is 14.0. The summed E-state index contributed by atoms with van der Waals surface area (Å²) in [5, 5.41) is 8.80. The van der Waals surface area contributed by atoms with Gasteiger partial charge in [0.05, 0.1) is 7.11 Å². The molecule has 0 aliphatic heterocycles. The first-order valence-electron chi connectivity index (χ1n) is 4.41. The van der Waals surface area contributed by atoms with Crippen molar-refractivity contribution in [2.45, 2.75) is 13.0 Å². The minimum absolute atomic E-state index is 0.539. The van der Waals surface area contributed by atoms with Crippen LogP contribution in [0.25, 0.3) is 0 Å². The molecule has 0 amide bonds. The van der Waals surface area contributed by atoms with Crippen molar-refractivity contribution >= 4 is 5.97 Å². The number of halogens is 4. The van der Waals surface area contributed by atoms with E-state index in [2.05, 4.69) is 14.5 Å². The molecular weight excluding hydrogens is 262 g/mol. The third-order valence-electron chi connectivity index (χ3n) is 1.85. The normalized spacial score (nSPS) is 11.2. The number of hydrogen-bond donors (Lipinski definition) is 1. The summed E-state index contributed by atoms with van der Waals surface area (Å²) in [5.41, 5.74) is -1.51. The van der Waals surface area contributed by atoms with Crippen molar-refractivity contribution in [3.63, 3.8) is 0 Å². The minimum Gasteiger partial charge on any atom is -0.478 e. The molecule has 0 bridgehead atoms. The van der Waals surface area contributed by atoms with Crippen molar-refractivity contribution in [2.75, 3.05) is 7.11 Å². The van der Waals surface area contributed by atoms with E-state index in [9.17, 15) is 22.4 Å². The number of hydrogen-bond acceptors (Lipinski definition) is 4. The van der Waals surface area contributed by atoms with Gasteiger partial charge in [0.15, 0.2) is 0 Å². The number of carbonyl (C=O) groups is 1. The standard InChI is InChI=1S/C9H7F4NO4/c1-17-7-6(18-9(11,12)13)5(8(15)16)4(2-10)3-14-7/h3H,2H2,1H3,(H,15,16). The molecule has 1 heterocycles. The van der Waals surface area contributed by atoms with Gasteiger partial charge in [-0.1, -0.05) is 0 Å². The second kappa shape index (κ2) is 5.07. The molecule has 0 unspecified atom stereocenters. The number of nitrogens with zero attached hydrogens (tertiary/aromatic N) is 1. The highest BCUT2D eigenvalue weighted by Crippen LogP contribution is 2.35. The van der Waals surface area contributed by atoms with Gasteiger partial charge in [-0.15, -0.1) is 13.2 Å². The van der Waals surface area contributed by atoms with Crippen LogP contribution in [0.4, 0.5) is 17.6 Å². The number of aromatic nitrogens is 1. The van der Waals surface area contributed by atoms with Gasteiger partial charge in [0.25, 0.3) is 5.88 Å². The number of carboxylic acids is 1. The molecule has 0 aliphatic rings. The van der Waals surface area contributed by atoms with Crippen LogP contribution < -0.4 is 9.47 Å². The molecule has 0 spiro atoms. The van der Waals surface area contributed by atoms with Crippen LogP contribution in [-0.2, 0) is 6.67 Å². The predicted octanol–water partition coefficient (Wildman–Crippen LogP) is 2.16. The van der Waals surface area contributed by atoms with E-state index in [0.29, 0.717) is 0 Å². The molecule has 18 heavy (non-hydrogen) atoms. The number of methoxy groups -OCH3 is 1. The van der Waals surface area contributed by atoms with Crippen molar-refractivity contribution in [1.82, 2.24) is 4.98 Å². The van der Waals surface area contributed by atoms with E-state index in [1.807, 2.05) is 0 Å². The molecule has 1 rings (SSSR count). The lowest BCUT2D eigenvalue weighted by Crippen LogP contribution is -2.20. The Morgan fingerprint density at radius 2 is 2.11 bits per heavy atom. The van der Waals surface area contributed by atoms with Gasteiger partial charge >= 0.3 is 12.3 Å². The van der Waals surface area contributed by atoms with Crippen LogP contribution >= 0.6 is 0 Å². The highest BCUT2D eigenvalue weighted by atomic mass is 19.4. The Bertz CT molecular complexity index is 461. The van der Waals surface area contributed by atoms with E-state index in [-0.39, 0.29) is 0 Å². The molecule has 9 heteroatoms. The molecular formula is C9H7F4NO4. The second-order valence-corrected chi connectivity index (χ2v) is 2.98. The molecule has 100 valence electrons. The predicted molar refractivity (Wildman–Crippen MR) is 49.2 cm³/mol. The number of alkyl halides is 4. The topological polar surface area (TPSA) is 68.7 Å². The Hall–Kier alpha value is -2.06. The van der Waals surface area contributed by atoms with Gasteiger partial charge in [0, 0.05) is 11.8 Å². The number of rotatable bonds is 4. The van der Waals surface area contributed by atoms with E-state index in [1.165, 1.54) is 0 Å². The lowest BCUT2D eigenvalue weighted by molar-refractivity contribution is -0.275. The van der Waals surface area contributed by atoms with E-state index in [0.717, 1.165) is 13.3 Å². The molecule has 0 aromatic carbocycles. The zero-order chi connectivity index (χ0) is 13.9. The largest absolute Gasteiger partial charge is 0.573 e. The quantitative estimate of drug-likeness (QED) is 0.848. The van der Waals surface area contributed by atoms with Crippen LogP contribution in [-0.4, -0.2) is 29.5 Å². The van der Waals surface area contributed by atoms with Crippen LogP contribution in [0.2, 0.25) is 0 Å². The van der Waals surface area contributed by atoms with Crippen molar-refractivity contribution in [1.29, 1.82) is 0 Å². The van der Waals surface area contributed by atoms with Crippen LogP contribution in [0, 0.1) is 0 Å². The van der Waals surface area contributed by atoms with E-state index < -0.39 is 41.8 Å². The van der Waals surface area contributed by atoms with E-state index in [1.54, 1.807) is 0 Å². The monoisotopic (exact) mass is 269 g/mol. The number of carboxylic acid groups (broad SMARTS) is 1. The van der Waals surface area contributed by atoms with Gasteiger partial charge in [-0.3, -0.25) is 0 Å². The van der Waals surface area contributed by atoms with Gasteiger partial charge in [0.1, 0.15) is 12.2 Å². The molecule has 0 saturated carbocycles. The average molecular weight is 269 g/mol. The maximum atomic E-state index is 12.5. The van der Waals surface area contributed by atoms with Crippen molar-refractivity contribution in [2.24, 2.45) is 0 Å². The molecule has 0 aliphatic carbocycles. The minimum atomic E-state index is -5.14. The van der Waals surface area contributed by atoms with Gasteiger partial charge in [-0.05, 0) is 0 Å². The fraction of sp³-hybridized carbons (Fsp3) is 0.333. The fourth-order valence-corrected chi connectivity index (χ4v) is 1.20. The molecule has 0 radical (unpaired) electrons. The Labute approximate surface area is 98.0 Å². The maximum Gasteiger partial charge on any atom is 0.573 e. The van der Waals surface area contributed by atoms with Gasteiger partial charge in [-0.2, -0.15) is 0 Å². The molecule has 0 fully saturated rings. The number of pyridine rings is 1. The smallest absolute Gasteiger partial charge is 0.478 e. The summed E-state index contributed by atoms with van der Waals surface area (Å²) in [5.74, 6) is -3.64. The number of ether oxygens (including phenoxy) is 2. The third-order valence-corrected chi connectivity index (χ3v) is 1.85. The van der Waals surface area contributed by atoms with Crippen LogP contribution in [0.1, 0.15) is 15.9 Å². The van der Waals surface area contributed by atoms with Crippen molar-refractivity contribution in [3.8, 4) is 11.6 Å². The zero-order valence-electron chi connectivity index (χ0n) is 8.92. The molecule has 0 atom stereocenters. The van der Waals surface area contributed by atoms with Crippen LogP contribution in [0.3, 0.4) is 0 Å². The molecule has 1 aromatic rings. The van der Waals surface area contributed by atoms with Crippen LogP contribution in [0.15, 0.2) is 6.20 Å². The maximum absolute atomic E-state index is 12.5. The zero-order valence-corrected chi connectivity index (χ0v) is 8.92. The SMILES string of the molecule is COc1ncc(CF)c(C(=O)O)c1OC(F)(F)F. The summed E-state index contributed by atoms with van der Waals surface area (Å²) in [4.78, 5) is 14.2. The summed E-state index contributed by atoms with van der Waals surface area (Å²) in [6.07, 6.45) is -4.38. The highest BCUT2D eigenvalue weighted by molar-refractivity contribution is 5.93. The highest BCUT2D eigenvalue weighted by Gasteiger charge is 2.36. The molecule has 1 aromatic heterocycles. The lowest BCUT2D eigenvalue weighted by Gasteiger charge is -2.15. The van der Waals surface area contributed by atoms with Gasteiger partial charge in [0.2, 0.25) is 5.75 Å². The third kappa shape index (κ3) is 2.99. The van der Waals surface area contributed by atoms with Crippen LogP contribution in [0.5, 0.6) is 11.6 Å². The molecule has 1 N–H and O–H groups in total. The summed E-state index contributed by atoms with van der Waals surface area (Å²) in [6, 6.07) is 0. The van der Waals surface area contributed by atoms with Crippen molar-refractivity contribution < 1.29 is 36.9 Å². The summed E-state index contributed by atoms with van der Waals surface area (Å²) >= 11 is 0. The van der Waals surface area contributed by atoms with Gasteiger partial charge in [-0.25, -0.2) is 14.2 Å². The molecule has 5 nitrogen and oxygen atoms in total. The van der Waals surface area contributed by atoms with Gasteiger partial charge < -0.3 is 14.6 Å². The first-order valence-corrected chi connectivity index (χ1v) is 4.41. The number of aromatic carboxylic acids is 1. The lowest BCUT2D eigenvalue weighted by atomic mass is 10.1. The van der Waals surface area contributed by atoms with E-state index >= 15 is 0 Å². The first-order chi connectivity index (χ1) is 8.30. The fourth-order valence-electron chi connectivity index (χ4n) is 1.20. The Balaban J connectivity index is 3.45. The second-order valence-electron chi connectivity index (χ2n) is 2.98. The summed E-state index contributed by atoms with van der Waals surface area (Å²) in [6.45, 7) is -1.30. The Morgan fingerprint density at radius 3 is 2.50 bits per heavy atom. The Morgan fingerprint density at radius 1 is 1.50 bits per heavy atom. The van der Waals surface area contributed by atoms with Crippen molar-refractivity contribution in [3.05, 3.63) is 17.3 Å². The average Bonchev–Trinajstić information content (AvgIpc) is 2.25. The summed E-state index contributed by atoms with van der Waals surface area (Å²) < 4.78 is 56.9. The Kier molecular flexibility index (Phi) is 3.94. The van der Waals surface area contributed by atoms with E-state index in [4.69, 9.17) is 5.11 Å². The molecule has 0 saturated heterocycles. The summed E-state index contributed by atoms with van der Waals surface area (Å²) in [7, 11) is 0.978.